The number of aryl methyl sites for hydroxylation is 1. The molecule has 0 aliphatic heterocycles. The summed E-state index contributed by atoms with van der Waals surface area (Å²) >= 11 is 3.41. The molecule has 4 heteroatoms. The molecule has 0 aliphatic rings. The molecule has 0 atom stereocenters. The fourth-order valence-electron chi connectivity index (χ4n) is 1.51. The van der Waals surface area contributed by atoms with Crippen molar-refractivity contribution in [1.29, 1.82) is 5.26 Å². The van der Waals surface area contributed by atoms with E-state index in [2.05, 4.69) is 27.1 Å². The second kappa shape index (κ2) is 3.43. The Kier molecular flexibility index (Phi) is 2.26. The van der Waals surface area contributed by atoms with E-state index in [1.807, 2.05) is 25.2 Å². The predicted octanol–water partition coefficient (Wildman–Crippen LogP) is 2.40. The van der Waals surface area contributed by atoms with E-state index in [4.69, 9.17) is 5.26 Å². The smallest absolute Gasteiger partial charge is 0.0843 e. The van der Waals surface area contributed by atoms with Gasteiger partial charge in [-0.2, -0.15) is 10.4 Å². The number of hydrogen-bond acceptors (Lipinski definition) is 2. The first-order valence-electron chi connectivity index (χ1n) is 4.20. The van der Waals surface area contributed by atoms with Crippen LogP contribution in [0.2, 0.25) is 0 Å². The van der Waals surface area contributed by atoms with Crippen molar-refractivity contribution < 1.29 is 0 Å². The lowest BCUT2D eigenvalue weighted by Gasteiger charge is -1.93. The summed E-state index contributed by atoms with van der Waals surface area (Å²) < 4.78 is 2.82. The Labute approximate surface area is 90.1 Å². The van der Waals surface area contributed by atoms with Gasteiger partial charge in [-0.15, -0.1) is 0 Å². The highest BCUT2D eigenvalue weighted by Gasteiger charge is 2.07. The molecular weight excluding hydrogens is 242 g/mol. The van der Waals surface area contributed by atoms with Gasteiger partial charge in [0.25, 0.3) is 0 Å². The van der Waals surface area contributed by atoms with Crippen LogP contribution in [0.4, 0.5) is 0 Å². The number of nitriles is 1. The van der Waals surface area contributed by atoms with Crippen molar-refractivity contribution >= 4 is 26.8 Å². The molecule has 0 saturated carbocycles. The first kappa shape index (κ1) is 9.22. The molecule has 0 saturated heterocycles. The third-order valence-corrected chi connectivity index (χ3v) is 2.63. The summed E-state index contributed by atoms with van der Waals surface area (Å²) in [4.78, 5) is 0. The van der Waals surface area contributed by atoms with Gasteiger partial charge in [-0.3, -0.25) is 4.68 Å². The van der Waals surface area contributed by atoms with Crippen LogP contribution >= 0.6 is 15.9 Å². The maximum Gasteiger partial charge on any atom is 0.0843 e. The number of aromatic nitrogens is 2. The number of rotatable bonds is 1. The van der Waals surface area contributed by atoms with E-state index in [9.17, 15) is 0 Å². The van der Waals surface area contributed by atoms with E-state index in [0.29, 0.717) is 6.42 Å². The van der Waals surface area contributed by atoms with Gasteiger partial charge in [-0.25, -0.2) is 0 Å². The van der Waals surface area contributed by atoms with Crippen LogP contribution in [0.1, 0.15) is 5.69 Å². The van der Waals surface area contributed by atoms with Crippen LogP contribution in [0.25, 0.3) is 10.9 Å². The molecule has 0 fully saturated rings. The largest absolute Gasteiger partial charge is 0.268 e. The zero-order chi connectivity index (χ0) is 10.1. The third kappa shape index (κ3) is 1.40. The highest BCUT2D eigenvalue weighted by atomic mass is 79.9. The SMILES string of the molecule is Cn1nc(CC#N)c2ccc(Br)cc21. The van der Waals surface area contributed by atoms with Crippen LogP contribution < -0.4 is 0 Å². The van der Waals surface area contributed by atoms with Crippen molar-refractivity contribution in [3.05, 3.63) is 28.4 Å². The molecule has 0 N–H and O–H groups in total. The molecule has 0 amide bonds. The fourth-order valence-corrected chi connectivity index (χ4v) is 1.86. The van der Waals surface area contributed by atoms with Crippen molar-refractivity contribution in [2.24, 2.45) is 7.05 Å². The third-order valence-electron chi connectivity index (χ3n) is 2.14. The molecule has 0 unspecified atom stereocenters. The number of halogens is 1. The van der Waals surface area contributed by atoms with E-state index < -0.39 is 0 Å². The van der Waals surface area contributed by atoms with Crippen LogP contribution in [-0.4, -0.2) is 9.78 Å². The molecule has 0 bridgehead atoms. The van der Waals surface area contributed by atoms with Gasteiger partial charge in [0, 0.05) is 16.9 Å². The summed E-state index contributed by atoms with van der Waals surface area (Å²) in [5, 5.41) is 14.0. The van der Waals surface area contributed by atoms with E-state index >= 15 is 0 Å². The van der Waals surface area contributed by atoms with Gasteiger partial charge in [0.2, 0.25) is 0 Å². The lowest BCUT2D eigenvalue weighted by molar-refractivity contribution is 0.777. The molecule has 70 valence electrons. The first-order chi connectivity index (χ1) is 6.72. The molecule has 0 aliphatic carbocycles. The maximum absolute atomic E-state index is 8.63. The van der Waals surface area contributed by atoms with E-state index in [1.165, 1.54) is 0 Å². The second-order valence-corrected chi connectivity index (χ2v) is 3.98. The minimum atomic E-state index is 0.360. The number of nitrogens with zero attached hydrogens (tertiary/aromatic N) is 3. The standard InChI is InChI=1S/C10H8BrN3/c1-14-10-6-7(11)2-3-8(10)9(13-14)4-5-12/h2-3,6H,4H2,1H3. The maximum atomic E-state index is 8.63. The van der Waals surface area contributed by atoms with E-state index in [1.54, 1.807) is 4.68 Å². The first-order valence-corrected chi connectivity index (χ1v) is 5.00. The van der Waals surface area contributed by atoms with Crippen LogP contribution in [0.3, 0.4) is 0 Å². The van der Waals surface area contributed by atoms with Gasteiger partial charge < -0.3 is 0 Å². The topological polar surface area (TPSA) is 41.6 Å². The van der Waals surface area contributed by atoms with E-state index in [-0.39, 0.29) is 0 Å². The van der Waals surface area contributed by atoms with Crippen LogP contribution in [0.15, 0.2) is 22.7 Å². The van der Waals surface area contributed by atoms with Gasteiger partial charge in [0.05, 0.1) is 23.7 Å². The van der Waals surface area contributed by atoms with Crippen LogP contribution in [-0.2, 0) is 13.5 Å². The highest BCUT2D eigenvalue weighted by Crippen LogP contribution is 2.22. The summed E-state index contributed by atoms with van der Waals surface area (Å²) in [6.45, 7) is 0. The van der Waals surface area contributed by atoms with Crippen molar-refractivity contribution in [2.45, 2.75) is 6.42 Å². The molecule has 1 aromatic carbocycles. The Morgan fingerprint density at radius 2 is 2.36 bits per heavy atom. The highest BCUT2D eigenvalue weighted by molar-refractivity contribution is 9.10. The summed E-state index contributed by atoms with van der Waals surface area (Å²) in [6.07, 6.45) is 0.360. The molecule has 2 aromatic rings. The molecule has 0 radical (unpaired) electrons. The van der Waals surface area contributed by atoms with Crippen molar-refractivity contribution in [1.82, 2.24) is 9.78 Å². The van der Waals surface area contributed by atoms with Gasteiger partial charge in [-0.05, 0) is 18.2 Å². The summed E-state index contributed by atoms with van der Waals surface area (Å²) in [7, 11) is 1.88. The Morgan fingerprint density at radius 1 is 1.57 bits per heavy atom. The van der Waals surface area contributed by atoms with Crippen molar-refractivity contribution in [3.63, 3.8) is 0 Å². The molecule has 0 spiro atoms. The molecule has 2 rings (SSSR count). The monoisotopic (exact) mass is 249 g/mol. The second-order valence-electron chi connectivity index (χ2n) is 3.07. The minimum Gasteiger partial charge on any atom is -0.268 e. The summed E-state index contributed by atoms with van der Waals surface area (Å²) in [6, 6.07) is 8.07. The predicted molar refractivity (Wildman–Crippen MR) is 57.7 cm³/mol. The average Bonchev–Trinajstić information content (AvgIpc) is 2.44. The minimum absolute atomic E-state index is 0.360. The Morgan fingerprint density at radius 3 is 3.07 bits per heavy atom. The lowest BCUT2D eigenvalue weighted by atomic mass is 10.2. The molecule has 1 heterocycles. The van der Waals surface area contributed by atoms with Gasteiger partial charge >= 0.3 is 0 Å². The average molecular weight is 250 g/mol. The van der Waals surface area contributed by atoms with Crippen LogP contribution in [0, 0.1) is 11.3 Å². The number of hydrogen-bond donors (Lipinski definition) is 0. The normalized spacial score (nSPS) is 10.4. The lowest BCUT2D eigenvalue weighted by Crippen LogP contribution is -1.90. The van der Waals surface area contributed by atoms with Crippen LogP contribution in [0.5, 0.6) is 0 Å². The number of fused-ring (bicyclic) bond motifs is 1. The molecule has 3 nitrogen and oxygen atoms in total. The van der Waals surface area contributed by atoms with Crippen molar-refractivity contribution in [3.8, 4) is 6.07 Å². The Hall–Kier alpha value is -1.34. The Balaban J connectivity index is 2.72. The zero-order valence-electron chi connectivity index (χ0n) is 7.66. The fraction of sp³-hybridized carbons (Fsp3) is 0.200. The number of benzene rings is 1. The van der Waals surface area contributed by atoms with Gasteiger partial charge in [0.15, 0.2) is 0 Å². The zero-order valence-corrected chi connectivity index (χ0v) is 9.24. The van der Waals surface area contributed by atoms with E-state index in [0.717, 1.165) is 21.1 Å². The summed E-state index contributed by atoms with van der Waals surface area (Å²) in [5.74, 6) is 0. The molecular formula is C10H8BrN3. The summed E-state index contributed by atoms with van der Waals surface area (Å²) in [5.41, 5.74) is 1.89. The van der Waals surface area contributed by atoms with Crippen molar-refractivity contribution in [2.75, 3.05) is 0 Å². The molecule has 1 aromatic heterocycles. The Bertz CT molecular complexity index is 522. The quantitative estimate of drug-likeness (QED) is 0.779. The van der Waals surface area contributed by atoms with Gasteiger partial charge in [-0.1, -0.05) is 15.9 Å². The molecule has 14 heavy (non-hydrogen) atoms. The van der Waals surface area contributed by atoms with Gasteiger partial charge in [0.1, 0.15) is 0 Å².